The van der Waals surface area contributed by atoms with Crippen LogP contribution in [0.15, 0.2) is 42.5 Å². The molecule has 10 heteroatoms. The van der Waals surface area contributed by atoms with E-state index in [0.29, 0.717) is 30.7 Å². The Bertz CT molecular complexity index is 1080. The maximum absolute atomic E-state index is 13.2. The van der Waals surface area contributed by atoms with Gasteiger partial charge in [-0.1, -0.05) is 23.7 Å². The number of benzene rings is 2. The highest BCUT2D eigenvalue weighted by molar-refractivity contribution is 6.35. The monoisotopic (exact) mass is 508 g/mol. The second-order valence-corrected chi connectivity index (χ2v) is 9.11. The Kier molecular flexibility index (Phi) is 7.85. The zero-order valence-electron chi connectivity index (χ0n) is 18.9. The molecule has 0 saturated carbocycles. The van der Waals surface area contributed by atoms with Gasteiger partial charge in [-0.3, -0.25) is 19.9 Å². The van der Waals surface area contributed by atoms with E-state index < -0.39 is 17.3 Å². The van der Waals surface area contributed by atoms with Gasteiger partial charge in [0, 0.05) is 18.2 Å². The molecule has 34 heavy (non-hydrogen) atoms. The first-order chi connectivity index (χ1) is 15.7. The van der Waals surface area contributed by atoms with Crippen molar-refractivity contribution in [1.29, 1.82) is 5.41 Å². The van der Waals surface area contributed by atoms with Crippen molar-refractivity contribution in [2.45, 2.75) is 50.8 Å². The molecule has 3 N–H and O–H groups in total. The summed E-state index contributed by atoms with van der Waals surface area (Å²) in [5, 5.41) is 14.8. The maximum atomic E-state index is 13.2. The second-order valence-electron chi connectivity index (χ2n) is 8.73. The fraction of sp³-hybridized carbons (Fsp3) is 0.375. The van der Waals surface area contributed by atoms with Crippen LogP contribution >= 0.6 is 24.0 Å². The van der Waals surface area contributed by atoms with Crippen molar-refractivity contribution in [2.24, 2.45) is 0 Å². The number of carbonyl (C=O) groups excluding carboxylic acids is 2. The number of anilines is 1. The Labute approximate surface area is 208 Å². The van der Waals surface area contributed by atoms with Gasteiger partial charge in [0.2, 0.25) is 5.91 Å². The fourth-order valence-electron chi connectivity index (χ4n) is 4.49. The summed E-state index contributed by atoms with van der Waals surface area (Å²) < 4.78 is 18.7. The highest BCUT2D eigenvalue weighted by Crippen LogP contribution is 2.38. The molecule has 2 aromatic rings. The summed E-state index contributed by atoms with van der Waals surface area (Å²) in [7, 11) is 0. The number of halogens is 3. The first kappa shape index (κ1) is 25.9. The third-order valence-corrected chi connectivity index (χ3v) is 6.59. The van der Waals surface area contributed by atoms with Crippen LogP contribution in [-0.2, 0) is 15.1 Å². The molecule has 0 aromatic heterocycles. The van der Waals surface area contributed by atoms with Gasteiger partial charge in [0.15, 0.2) is 5.96 Å². The van der Waals surface area contributed by atoms with Gasteiger partial charge in [0.25, 0.3) is 5.91 Å². The Hall–Kier alpha value is -2.68. The van der Waals surface area contributed by atoms with E-state index in [1.54, 1.807) is 18.2 Å². The number of rotatable bonds is 4. The van der Waals surface area contributed by atoms with Gasteiger partial charge in [0.05, 0.1) is 28.8 Å². The number of hydrogen-bond acceptors (Lipinski definition) is 4. The number of carbonyl (C=O) groups is 2. The molecule has 7 nitrogen and oxygen atoms in total. The van der Waals surface area contributed by atoms with Crippen LogP contribution in [0.5, 0.6) is 0 Å². The van der Waals surface area contributed by atoms with Crippen LogP contribution in [0.2, 0.25) is 5.02 Å². The number of nitrogens with zero attached hydrogens (tertiary/aromatic N) is 1. The molecular weight excluding hydrogens is 482 g/mol. The average molecular weight is 509 g/mol. The summed E-state index contributed by atoms with van der Waals surface area (Å²) in [6.45, 7) is 4.34. The lowest BCUT2D eigenvalue weighted by atomic mass is 9.85. The van der Waals surface area contributed by atoms with Gasteiger partial charge in [-0.2, -0.15) is 0 Å². The van der Waals surface area contributed by atoms with Gasteiger partial charge in [-0.15, -0.1) is 12.4 Å². The van der Waals surface area contributed by atoms with Gasteiger partial charge in [0.1, 0.15) is 5.82 Å². The number of nitrogens with one attached hydrogen (secondary N) is 3. The molecule has 2 aliphatic rings. The fourth-order valence-corrected chi connectivity index (χ4v) is 4.87. The van der Waals surface area contributed by atoms with Crippen LogP contribution < -0.4 is 10.6 Å². The van der Waals surface area contributed by atoms with Gasteiger partial charge < -0.3 is 15.4 Å². The molecule has 3 atom stereocenters. The van der Waals surface area contributed by atoms with Crippen LogP contribution in [0.1, 0.15) is 49.0 Å². The lowest BCUT2D eigenvalue weighted by Crippen LogP contribution is -2.63. The summed E-state index contributed by atoms with van der Waals surface area (Å²) in [5.41, 5.74) is 0.332. The van der Waals surface area contributed by atoms with Crippen LogP contribution in [0.3, 0.4) is 0 Å². The van der Waals surface area contributed by atoms with Crippen molar-refractivity contribution < 1.29 is 18.7 Å². The highest BCUT2D eigenvalue weighted by atomic mass is 35.5. The molecule has 2 amide bonds. The molecule has 182 valence electrons. The minimum Gasteiger partial charge on any atom is -0.378 e. The molecule has 0 unspecified atom stereocenters. The van der Waals surface area contributed by atoms with Crippen LogP contribution in [0.25, 0.3) is 0 Å². The minimum atomic E-state index is -0.921. The summed E-state index contributed by atoms with van der Waals surface area (Å²) in [5.74, 6) is -0.986. The zero-order valence-corrected chi connectivity index (χ0v) is 20.4. The minimum absolute atomic E-state index is 0. The van der Waals surface area contributed by atoms with Crippen molar-refractivity contribution in [3.63, 3.8) is 0 Å². The number of amides is 2. The molecule has 2 aromatic carbocycles. The Morgan fingerprint density at radius 1 is 1.29 bits per heavy atom. The molecule has 2 aliphatic heterocycles. The molecule has 2 fully saturated rings. The molecule has 4 rings (SSSR count). The second kappa shape index (κ2) is 10.3. The van der Waals surface area contributed by atoms with Crippen molar-refractivity contribution in [2.75, 3.05) is 11.9 Å². The largest absolute Gasteiger partial charge is 0.378 e. The van der Waals surface area contributed by atoms with Crippen molar-refractivity contribution >= 4 is 47.5 Å². The molecule has 0 radical (unpaired) electrons. The van der Waals surface area contributed by atoms with Gasteiger partial charge >= 0.3 is 0 Å². The molecule has 2 heterocycles. The van der Waals surface area contributed by atoms with Gasteiger partial charge in [-0.25, -0.2) is 4.39 Å². The Morgan fingerprint density at radius 3 is 2.65 bits per heavy atom. The molecule has 0 bridgehead atoms. The summed E-state index contributed by atoms with van der Waals surface area (Å²) in [6.07, 6.45) is 1.50. The third kappa shape index (κ3) is 5.19. The van der Waals surface area contributed by atoms with E-state index in [-0.39, 0.29) is 53.4 Å². The highest BCUT2D eigenvalue weighted by Gasteiger charge is 2.43. The van der Waals surface area contributed by atoms with Crippen molar-refractivity contribution in [1.82, 2.24) is 10.2 Å². The predicted octanol–water partition coefficient (Wildman–Crippen LogP) is 4.69. The SMILES string of the molecule is C[C@@H]1C[C@H](N2C(=N)N[C@](C)(c3cccc(NC(=O)c4ccc(F)cc4)c3Cl)CC2=O)CCO1.Cl. The van der Waals surface area contributed by atoms with Crippen molar-refractivity contribution in [3.8, 4) is 0 Å². The quantitative estimate of drug-likeness (QED) is 0.558. The van der Waals surface area contributed by atoms with Crippen LogP contribution in [0.4, 0.5) is 10.1 Å². The smallest absolute Gasteiger partial charge is 0.255 e. The third-order valence-electron chi connectivity index (χ3n) is 6.18. The lowest BCUT2D eigenvalue weighted by molar-refractivity contribution is -0.134. The standard InChI is InChI=1S/C24H26ClFN4O3.ClH/c1-14-12-17(10-11-33-14)30-20(31)13-24(2,29-23(30)27)18-4-3-5-19(21(18)25)28-22(32)15-6-8-16(26)9-7-15;/h3-9,14,17H,10-13H2,1-2H3,(H2,27,29)(H,28,32);1H/t14-,17-,24+;/m1./s1. The van der Waals surface area contributed by atoms with E-state index in [1.807, 2.05) is 13.8 Å². The normalized spacial score (nSPS) is 24.8. The van der Waals surface area contributed by atoms with E-state index in [1.165, 1.54) is 29.2 Å². The van der Waals surface area contributed by atoms with E-state index in [9.17, 15) is 14.0 Å². The van der Waals surface area contributed by atoms with Gasteiger partial charge in [-0.05, 0) is 62.6 Å². The maximum Gasteiger partial charge on any atom is 0.255 e. The number of ether oxygens (including phenoxy) is 1. The molecular formula is C24H27Cl2FN4O3. The van der Waals surface area contributed by atoms with E-state index in [4.69, 9.17) is 21.7 Å². The summed E-state index contributed by atoms with van der Waals surface area (Å²) >= 11 is 6.66. The number of hydrogen-bond donors (Lipinski definition) is 3. The molecule has 0 spiro atoms. The van der Waals surface area contributed by atoms with E-state index in [0.717, 1.165) is 0 Å². The van der Waals surface area contributed by atoms with Crippen molar-refractivity contribution in [3.05, 3.63) is 64.4 Å². The first-order valence-corrected chi connectivity index (χ1v) is 11.2. The molecule has 0 aliphatic carbocycles. The van der Waals surface area contributed by atoms with E-state index in [2.05, 4.69) is 10.6 Å². The Morgan fingerprint density at radius 2 is 2.00 bits per heavy atom. The van der Waals surface area contributed by atoms with E-state index >= 15 is 0 Å². The van der Waals surface area contributed by atoms with Crippen LogP contribution in [-0.4, -0.2) is 41.4 Å². The summed E-state index contributed by atoms with van der Waals surface area (Å²) in [6, 6.07) is 10.3. The molecule has 2 saturated heterocycles. The Balaban J connectivity index is 0.00000324. The first-order valence-electron chi connectivity index (χ1n) is 10.8. The zero-order chi connectivity index (χ0) is 23.8. The summed E-state index contributed by atoms with van der Waals surface area (Å²) in [4.78, 5) is 27.3. The van der Waals surface area contributed by atoms with Crippen LogP contribution in [0, 0.1) is 11.2 Å². The topological polar surface area (TPSA) is 94.5 Å². The predicted molar refractivity (Wildman–Crippen MR) is 131 cm³/mol. The number of guanidine groups is 1. The lowest BCUT2D eigenvalue weighted by Gasteiger charge is -2.45. The average Bonchev–Trinajstić information content (AvgIpc) is 2.75.